The highest BCUT2D eigenvalue weighted by Crippen LogP contribution is 2.27. The number of nitrogens with zero attached hydrogens (tertiary/aromatic N) is 3. The van der Waals surface area contributed by atoms with Gasteiger partial charge >= 0.3 is 5.97 Å². The zero-order valence-electron chi connectivity index (χ0n) is 13.6. The lowest BCUT2D eigenvalue weighted by molar-refractivity contribution is -0.145. The number of aryl methyl sites for hydroxylation is 1. The van der Waals surface area contributed by atoms with Crippen molar-refractivity contribution < 1.29 is 19.0 Å². The zero-order chi connectivity index (χ0) is 17.5. The number of aromatic nitrogens is 3. The van der Waals surface area contributed by atoms with Crippen LogP contribution in [0.1, 0.15) is 18.3 Å². The molecule has 0 radical (unpaired) electrons. The summed E-state index contributed by atoms with van der Waals surface area (Å²) in [6, 6.07) is 5.22. The Morgan fingerprint density at radius 1 is 1.46 bits per heavy atom. The normalized spacial score (nSPS) is 10.8. The summed E-state index contributed by atoms with van der Waals surface area (Å²) in [4.78, 5) is 11.3. The van der Waals surface area contributed by atoms with Gasteiger partial charge in [-0.3, -0.25) is 5.10 Å². The molecule has 0 aliphatic carbocycles. The quantitative estimate of drug-likeness (QED) is 0.467. The van der Waals surface area contributed by atoms with E-state index in [1.54, 1.807) is 38.3 Å². The molecule has 1 aromatic carbocycles. The molecule has 8 nitrogen and oxygen atoms in total. The van der Waals surface area contributed by atoms with Crippen molar-refractivity contribution >= 4 is 24.4 Å². The Morgan fingerprint density at radius 3 is 2.88 bits per heavy atom. The largest absolute Gasteiger partial charge is 0.493 e. The summed E-state index contributed by atoms with van der Waals surface area (Å²) in [7, 11) is 1.52. The minimum absolute atomic E-state index is 0.180. The number of H-pyrrole nitrogens is 1. The highest BCUT2D eigenvalue weighted by molar-refractivity contribution is 7.71. The number of hydrogen-bond acceptors (Lipinski definition) is 7. The van der Waals surface area contributed by atoms with Crippen molar-refractivity contribution in [3.8, 4) is 11.5 Å². The van der Waals surface area contributed by atoms with Crippen molar-refractivity contribution in [2.24, 2.45) is 5.10 Å². The van der Waals surface area contributed by atoms with Crippen LogP contribution in [0.15, 0.2) is 23.3 Å². The number of methoxy groups -OCH3 is 1. The molecule has 0 atom stereocenters. The second kappa shape index (κ2) is 8.25. The van der Waals surface area contributed by atoms with Crippen molar-refractivity contribution in [3.63, 3.8) is 0 Å². The van der Waals surface area contributed by atoms with Gasteiger partial charge in [-0.05, 0) is 49.8 Å². The van der Waals surface area contributed by atoms with Crippen LogP contribution in [-0.4, -0.2) is 47.4 Å². The molecular weight excluding hydrogens is 332 g/mol. The van der Waals surface area contributed by atoms with Gasteiger partial charge in [0.2, 0.25) is 4.77 Å². The van der Waals surface area contributed by atoms with Gasteiger partial charge in [0, 0.05) is 0 Å². The standard InChI is InChI=1S/C15H18N4O4S/c1-4-22-14(20)9-23-12-6-5-11(7-13(12)21-3)8-16-19-10(2)17-18-15(19)24/h5-8H,4,9H2,1-3H3,(H,18,24)/b16-8+. The molecule has 2 aromatic rings. The maximum atomic E-state index is 11.3. The number of rotatable bonds is 7. The average molecular weight is 350 g/mol. The summed E-state index contributed by atoms with van der Waals surface area (Å²) >= 11 is 5.08. The minimum Gasteiger partial charge on any atom is -0.493 e. The van der Waals surface area contributed by atoms with Crippen molar-refractivity contribution in [2.75, 3.05) is 20.3 Å². The lowest BCUT2D eigenvalue weighted by Crippen LogP contribution is -2.14. The van der Waals surface area contributed by atoms with E-state index in [0.717, 1.165) is 5.56 Å². The van der Waals surface area contributed by atoms with E-state index >= 15 is 0 Å². The highest BCUT2D eigenvalue weighted by atomic mass is 32.1. The van der Waals surface area contributed by atoms with Crippen LogP contribution in [0, 0.1) is 11.7 Å². The molecule has 2 rings (SSSR count). The molecule has 0 unspecified atom stereocenters. The predicted molar refractivity (Wildman–Crippen MR) is 90.3 cm³/mol. The average Bonchev–Trinajstić information content (AvgIpc) is 2.90. The first-order valence-electron chi connectivity index (χ1n) is 7.20. The maximum absolute atomic E-state index is 11.3. The summed E-state index contributed by atoms with van der Waals surface area (Å²) in [6.07, 6.45) is 1.62. The lowest BCUT2D eigenvalue weighted by Gasteiger charge is -2.10. The third kappa shape index (κ3) is 4.42. The molecule has 1 N–H and O–H groups in total. The van der Waals surface area contributed by atoms with E-state index in [1.807, 2.05) is 0 Å². The molecule has 128 valence electrons. The molecule has 0 saturated heterocycles. The molecule has 0 fully saturated rings. The van der Waals surface area contributed by atoms with E-state index < -0.39 is 5.97 Å². The number of esters is 1. The van der Waals surface area contributed by atoms with Crippen LogP contribution in [-0.2, 0) is 9.53 Å². The van der Waals surface area contributed by atoms with Crippen LogP contribution in [0.2, 0.25) is 0 Å². The molecule has 24 heavy (non-hydrogen) atoms. The van der Waals surface area contributed by atoms with Gasteiger partial charge in [0.05, 0.1) is 19.9 Å². The fourth-order valence-corrected chi connectivity index (χ4v) is 2.08. The van der Waals surface area contributed by atoms with Gasteiger partial charge in [-0.15, -0.1) is 0 Å². The number of ether oxygens (including phenoxy) is 3. The Bertz CT molecular complexity index is 797. The van der Waals surface area contributed by atoms with E-state index in [4.69, 9.17) is 26.4 Å². The van der Waals surface area contributed by atoms with E-state index in [-0.39, 0.29) is 6.61 Å². The topological polar surface area (TPSA) is 90.7 Å². The van der Waals surface area contributed by atoms with E-state index in [2.05, 4.69) is 15.3 Å². The molecule has 0 bridgehead atoms. The van der Waals surface area contributed by atoms with Crippen molar-refractivity contribution in [1.29, 1.82) is 0 Å². The van der Waals surface area contributed by atoms with Gasteiger partial charge < -0.3 is 14.2 Å². The van der Waals surface area contributed by atoms with Gasteiger partial charge in [0.15, 0.2) is 18.1 Å². The van der Waals surface area contributed by atoms with Crippen LogP contribution >= 0.6 is 12.2 Å². The van der Waals surface area contributed by atoms with Gasteiger partial charge in [-0.25, -0.2) is 4.79 Å². The Labute approximate surface area is 144 Å². The summed E-state index contributed by atoms with van der Waals surface area (Å²) in [5, 5.41) is 10.9. The van der Waals surface area contributed by atoms with Crippen LogP contribution < -0.4 is 9.47 Å². The Kier molecular flexibility index (Phi) is 6.07. The SMILES string of the molecule is CCOC(=O)COc1ccc(/C=N/n2c(C)n[nH]c2=S)cc1OC. The molecule has 0 aliphatic heterocycles. The smallest absolute Gasteiger partial charge is 0.344 e. The summed E-state index contributed by atoms with van der Waals surface area (Å²) in [6.45, 7) is 3.66. The Hall–Kier alpha value is -2.68. The Morgan fingerprint density at radius 2 is 2.25 bits per heavy atom. The molecule has 0 spiro atoms. The number of carbonyl (C=O) groups excluding carboxylic acids is 1. The third-order valence-corrected chi connectivity index (χ3v) is 3.24. The molecule has 0 amide bonds. The number of nitrogens with one attached hydrogen (secondary N) is 1. The number of aromatic amines is 1. The van der Waals surface area contributed by atoms with Crippen LogP contribution in [0.25, 0.3) is 0 Å². The Balaban J connectivity index is 2.13. The van der Waals surface area contributed by atoms with Gasteiger partial charge in [-0.1, -0.05) is 0 Å². The van der Waals surface area contributed by atoms with E-state index in [0.29, 0.717) is 28.7 Å². The second-order valence-electron chi connectivity index (χ2n) is 4.64. The number of benzene rings is 1. The van der Waals surface area contributed by atoms with Crippen LogP contribution in [0.3, 0.4) is 0 Å². The minimum atomic E-state index is -0.435. The fourth-order valence-electron chi connectivity index (χ4n) is 1.85. The molecule has 1 aromatic heterocycles. The van der Waals surface area contributed by atoms with Crippen LogP contribution in [0.4, 0.5) is 0 Å². The summed E-state index contributed by atoms with van der Waals surface area (Å²) < 4.78 is 17.4. The molecular formula is C15H18N4O4S. The van der Waals surface area contributed by atoms with Crippen molar-refractivity contribution in [3.05, 3.63) is 34.4 Å². The van der Waals surface area contributed by atoms with Crippen LogP contribution in [0.5, 0.6) is 11.5 Å². The zero-order valence-corrected chi connectivity index (χ0v) is 14.4. The molecule has 9 heteroatoms. The van der Waals surface area contributed by atoms with Crippen molar-refractivity contribution in [2.45, 2.75) is 13.8 Å². The van der Waals surface area contributed by atoms with E-state index in [1.165, 1.54) is 11.8 Å². The number of carbonyl (C=O) groups is 1. The molecule has 0 saturated carbocycles. The first-order valence-corrected chi connectivity index (χ1v) is 7.60. The van der Waals surface area contributed by atoms with Gasteiger partial charge in [0.1, 0.15) is 5.82 Å². The van der Waals surface area contributed by atoms with Crippen molar-refractivity contribution in [1.82, 2.24) is 14.9 Å². The highest BCUT2D eigenvalue weighted by Gasteiger charge is 2.09. The monoisotopic (exact) mass is 350 g/mol. The molecule has 0 aliphatic rings. The molecule has 1 heterocycles. The number of hydrogen-bond donors (Lipinski definition) is 1. The van der Waals surface area contributed by atoms with E-state index in [9.17, 15) is 4.79 Å². The first-order chi connectivity index (χ1) is 11.5. The lowest BCUT2D eigenvalue weighted by atomic mass is 10.2. The maximum Gasteiger partial charge on any atom is 0.344 e. The summed E-state index contributed by atoms with van der Waals surface area (Å²) in [5.41, 5.74) is 0.776. The van der Waals surface area contributed by atoms with Gasteiger partial charge in [0.25, 0.3) is 0 Å². The second-order valence-corrected chi connectivity index (χ2v) is 5.02. The van der Waals surface area contributed by atoms with Gasteiger partial charge in [-0.2, -0.15) is 14.9 Å². The fraction of sp³-hybridized carbons (Fsp3) is 0.333. The third-order valence-electron chi connectivity index (χ3n) is 2.97. The predicted octanol–water partition coefficient (Wildman–Crippen LogP) is 2.08. The first kappa shape index (κ1) is 17.7. The summed E-state index contributed by atoms with van der Waals surface area (Å²) in [5.74, 6) is 1.14.